The summed E-state index contributed by atoms with van der Waals surface area (Å²) in [6, 6.07) is 7.52. The summed E-state index contributed by atoms with van der Waals surface area (Å²) in [6.07, 6.45) is 1.68. The lowest BCUT2D eigenvalue weighted by Gasteiger charge is -2.08. The molecule has 3 N–H and O–H groups in total. The van der Waals surface area contributed by atoms with E-state index in [0.29, 0.717) is 21.5 Å². The standard InChI is InChI=1S/C15H15BrFN3O/c1-2-3-10-6-9(7-14(18)19-10)15(21)20-11-4-5-13(17)12(16)8-11/h4-8H,2-3H2,1H3,(H2,18,19)(H,20,21). The molecule has 0 radical (unpaired) electrons. The van der Waals surface area contributed by atoms with Crippen LogP contribution in [0.5, 0.6) is 0 Å². The number of nitrogen functional groups attached to an aromatic ring is 1. The van der Waals surface area contributed by atoms with E-state index in [9.17, 15) is 9.18 Å². The van der Waals surface area contributed by atoms with Crippen molar-refractivity contribution in [1.29, 1.82) is 0 Å². The fraction of sp³-hybridized carbons (Fsp3) is 0.200. The first-order valence-electron chi connectivity index (χ1n) is 6.52. The number of benzene rings is 1. The molecule has 0 atom stereocenters. The molecule has 0 fully saturated rings. The maximum absolute atomic E-state index is 13.2. The summed E-state index contributed by atoms with van der Waals surface area (Å²) in [6.45, 7) is 2.03. The number of aryl methyl sites for hydroxylation is 1. The van der Waals surface area contributed by atoms with Crippen LogP contribution in [0.1, 0.15) is 29.4 Å². The van der Waals surface area contributed by atoms with Gasteiger partial charge in [-0.1, -0.05) is 13.3 Å². The number of nitrogens with one attached hydrogen (secondary N) is 1. The first kappa shape index (κ1) is 15.4. The van der Waals surface area contributed by atoms with Crippen LogP contribution in [0.25, 0.3) is 0 Å². The summed E-state index contributed by atoms with van der Waals surface area (Å²) < 4.78 is 13.5. The molecule has 6 heteroatoms. The van der Waals surface area contributed by atoms with Gasteiger partial charge in [-0.15, -0.1) is 0 Å². The van der Waals surface area contributed by atoms with Gasteiger partial charge in [0.25, 0.3) is 5.91 Å². The maximum atomic E-state index is 13.2. The molecule has 0 unspecified atom stereocenters. The molecular formula is C15H15BrFN3O. The van der Waals surface area contributed by atoms with Gasteiger partial charge in [-0.05, 0) is 52.7 Å². The maximum Gasteiger partial charge on any atom is 0.255 e. The van der Waals surface area contributed by atoms with Crippen LogP contribution < -0.4 is 11.1 Å². The molecule has 1 amide bonds. The van der Waals surface area contributed by atoms with E-state index in [1.54, 1.807) is 6.07 Å². The van der Waals surface area contributed by atoms with E-state index >= 15 is 0 Å². The number of hydrogen-bond acceptors (Lipinski definition) is 3. The van der Waals surface area contributed by atoms with Gasteiger partial charge >= 0.3 is 0 Å². The van der Waals surface area contributed by atoms with Gasteiger partial charge in [-0.2, -0.15) is 0 Å². The van der Waals surface area contributed by atoms with E-state index in [-0.39, 0.29) is 11.7 Å². The topological polar surface area (TPSA) is 68.0 Å². The lowest BCUT2D eigenvalue weighted by Crippen LogP contribution is -2.13. The zero-order valence-electron chi connectivity index (χ0n) is 11.5. The highest BCUT2D eigenvalue weighted by Crippen LogP contribution is 2.21. The van der Waals surface area contributed by atoms with Crippen LogP contribution in [0.2, 0.25) is 0 Å². The van der Waals surface area contributed by atoms with Gasteiger partial charge < -0.3 is 11.1 Å². The molecule has 2 aromatic rings. The van der Waals surface area contributed by atoms with Crippen molar-refractivity contribution in [3.63, 3.8) is 0 Å². The van der Waals surface area contributed by atoms with Crippen molar-refractivity contribution in [2.75, 3.05) is 11.1 Å². The second-order valence-corrected chi connectivity index (χ2v) is 5.46. The fourth-order valence-electron chi connectivity index (χ4n) is 1.90. The molecular weight excluding hydrogens is 337 g/mol. The molecule has 0 aliphatic heterocycles. The molecule has 1 heterocycles. The molecule has 21 heavy (non-hydrogen) atoms. The molecule has 110 valence electrons. The third kappa shape index (κ3) is 4.01. The molecule has 0 saturated heterocycles. The Labute approximate surface area is 130 Å². The van der Waals surface area contributed by atoms with Crippen LogP contribution in [0.15, 0.2) is 34.8 Å². The van der Waals surface area contributed by atoms with Crippen LogP contribution in [0.4, 0.5) is 15.9 Å². The van der Waals surface area contributed by atoms with Crippen LogP contribution in [0, 0.1) is 5.82 Å². The third-order valence-electron chi connectivity index (χ3n) is 2.84. The van der Waals surface area contributed by atoms with Crippen molar-refractivity contribution in [3.05, 3.63) is 51.9 Å². The second kappa shape index (κ2) is 6.67. The van der Waals surface area contributed by atoms with E-state index in [4.69, 9.17) is 5.73 Å². The van der Waals surface area contributed by atoms with E-state index in [1.807, 2.05) is 6.92 Å². The number of halogens is 2. The summed E-state index contributed by atoms with van der Waals surface area (Å²) >= 11 is 3.08. The average Bonchev–Trinajstić information content (AvgIpc) is 2.42. The summed E-state index contributed by atoms with van der Waals surface area (Å²) in [5.74, 6) is -0.377. The highest BCUT2D eigenvalue weighted by Gasteiger charge is 2.10. The minimum atomic E-state index is -0.383. The number of aromatic nitrogens is 1. The molecule has 1 aromatic carbocycles. The summed E-state index contributed by atoms with van der Waals surface area (Å²) in [7, 11) is 0. The molecule has 0 aliphatic rings. The predicted octanol–water partition coefficient (Wildman–Crippen LogP) is 3.77. The van der Waals surface area contributed by atoms with Crippen LogP contribution in [-0.2, 0) is 6.42 Å². The van der Waals surface area contributed by atoms with E-state index < -0.39 is 0 Å². The Balaban J connectivity index is 2.21. The second-order valence-electron chi connectivity index (χ2n) is 4.61. The van der Waals surface area contributed by atoms with E-state index in [1.165, 1.54) is 24.3 Å². The van der Waals surface area contributed by atoms with Gasteiger partial charge in [-0.3, -0.25) is 4.79 Å². The Morgan fingerprint density at radius 3 is 2.81 bits per heavy atom. The molecule has 4 nitrogen and oxygen atoms in total. The zero-order valence-corrected chi connectivity index (χ0v) is 13.1. The van der Waals surface area contributed by atoms with Gasteiger partial charge in [-0.25, -0.2) is 9.37 Å². The molecule has 0 spiro atoms. The number of nitrogens with two attached hydrogens (primary N) is 1. The summed E-state index contributed by atoms with van der Waals surface area (Å²) in [5, 5.41) is 2.70. The molecule has 2 rings (SSSR count). The third-order valence-corrected chi connectivity index (χ3v) is 3.45. The van der Waals surface area contributed by atoms with Gasteiger partial charge in [0.2, 0.25) is 0 Å². The monoisotopic (exact) mass is 351 g/mol. The van der Waals surface area contributed by atoms with E-state index in [2.05, 4.69) is 26.2 Å². The van der Waals surface area contributed by atoms with Crippen molar-refractivity contribution < 1.29 is 9.18 Å². The quantitative estimate of drug-likeness (QED) is 0.880. The molecule has 0 aliphatic carbocycles. The number of carbonyl (C=O) groups excluding carboxylic acids is 1. The van der Waals surface area contributed by atoms with Crippen LogP contribution in [0.3, 0.4) is 0 Å². The first-order valence-corrected chi connectivity index (χ1v) is 7.31. The number of hydrogen-bond donors (Lipinski definition) is 2. The summed E-state index contributed by atoms with van der Waals surface area (Å²) in [4.78, 5) is 16.4. The largest absolute Gasteiger partial charge is 0.384 e. The fourth-order valence-corrected chi connectivity index (χ4v) is 2.28. The smallest absolute Gasteiger partial charge is 0.255 e. The Bertz CT molecular complexity index is 676. The number of anilines is 2. The number of amides is 1. The van der Waals surface area contributed by atoms with E-state index in [0.717, 1.165) is 18.5 Å². The lowest BCUT2D eigenvalue weighted by molar-refractivity contribution is 0.102. The van der Waals surface area contributed by atoms with Gasteiger partial charge in [0, 0.05) is 16.9 Å². The highest BCUT2D eigenvalue weighted by molar-refractivity contribution is 9.10. The molecule has 0 bridgehead atoms. The van der Waals surface area contributed by atoms with Gasteiger partial charge in [0.1, 0.15) is 11.6 Å². The zero-order chi connectivity index (χ0) is 15.4. The number of nitrogens with zero attached hydrogens (tertiary/aromatic N) is 1. The van der Waals surface area contributed by atoms with Gasteiger partial charge in [0.05, 0.1) is 4.47 Å². The van der Waals surface area contributed by atoms with Crippen LogP contribution in [-0.4, -0.2) is 10.9 Å². The Hall–Kier alpha value is -1.95. The minimum Gasteiger partial charge on any atom is -0.384 e. The van der Waals surface area contributed by atoms with Gasteiger partial charge in [0.15, 0.2) is 0 Å². The lowest BCUT2D eigenvalue weighted by atomic mass is 10.1. The normalized spacial score (nSPS) is 10.4. The minimum absolute atomic E-state index is 0.293. The summed E-state index contributed by atoms with van der Waals surface area (Å²) in [5.41, 5.74) is 7.43. The van der Waals surface area contributed by atoms with Crippen molar-refractivity contribution in [2.24, 2.45) is 0 Å². The predicted molar refractivity (Wildman–Crippen MR) is 84.7 cm³/mol. The number of rotatable bonds is 4. The van der Waals surface area contributed by atoms with Crippen LogP contribution >= 0.6 is 15.9 Å². The number of carbonyl (C=O) groups is 1. The Morgan fingerprint density at radius 1 is 1.38 bits per heavy atom. The van der Waals surface area contributed by atoms with Crippen molar-refractivity contribution in [3.8, 4) is 0 Å². The SMILES string of the molecule is CCCc1cc(C(=O)Nc2ccc(F)c(Br)c2)cc(N)n1. The molecule has 1 aromatic heterocycles. The Kier molecular flexibility index (Phi) is 4.90. The molecule has 0 saturated carbocycles. The average molecular weight is 352 g/mol. The highest BCUT2D eigenvalue weighted by atomic mass is 79.9. The van der Waals surface area contributed by atoms with Crippen molar-refractivity contribution >= 4 is 33.3 Å². The first-order chi connectivity index (χ1) is 9.99. The Morgan fingerprint density at radius 2 is 2.14 bits per heavy atom. The van der Waals surface area contributed by atoms with Crippen molar-refractivity contribution in [2.45, 2.75) is 19.8 Å². The van der Waals surface area contributed by atoms with Crippen molar-refractivity contribution in [1.82, 2.24) is 4.98 Å². The number of pyridine rings is 1.